The van der Waals surface area contributed by atoms with Gasteiger partial charge >= 0.3 is 5.91 Å². The predicted molar refractivity (Wildman–Crippen MR) is 116 cm³/mol. The van der Waals surface area contributed by atoms with Gasteiger partial charge in [0.05, 0.1) is 30.3 Å². The molecule has 8 nitrogen and oxygen atoms in total. The van der Waals surface area contributed by atoms with Gasteiger partial charge in [0, 0.05) is 10.8 Å². The number of hydrogen-bond donors (Lipinski definition) is 2. The number of aromatic hydroxyl groups is 1. The van der Waals surface area contributed by atoms with Gasteiger partial charge in [0.15, 0.2) is 5.76 Å². The van der Waals surface area contributed by atoms with Crippen LogP contribution in [0.3, 0.4) is 0 Å². The monoisotopic (exact) mass is 417 g/mol. The Morgan fingerprint density at radius 2 is 1.87 bits per heavy atom. The quantitative estimate of drug-likeness (QED) is 0.369. The molecule has 4 aromatic rings. The van der Waals surface area contributed by atoms with Crippen molar-refractivity contribution in [3.05, 3.63) is 88.6 Å². The maximum absolute atomic E-state index is 13.1. The fraction of sp³-hybridized carbons (Fsp3) is 0.0870. The van der Waals surface area contributed by atoms with Gasteiger partial charge in [-0.1, -0.05) is 18.2 Å². The third-order valence-corrected chi connectivity index (χ3v) is 4.61. The van der Waals surface area contributed by atoms with Gasteiger partial charge in [-0.25, -0.2) is 9.99 Å². The van der Waals surface area contributed by atoms with Crippen LogP contribution in [0.5, 0.6) is 11.6 Å². The normalized spacial score (nSPS) is 11.1. The summed E-state index contributed by atoms with van der Waals surface area (Å²) in [6, 6.07) is 16.8. The summed E-state index contributed by atoms with van der Waals surface area (Å²) in [5, 5.41) is 15.8. The van der Waals surface area contributed by atoms with E-state index >= 15 is 0 Å². The van der Waals surface area contributed by atoms with E-state index in [-0.39, 0.29) is 22.8 Å². The Kier molecular flexibility index (Phi) is 5.53. The lowest BCUT2D eigenvalue weighted by molar-refractivity contribution is 0.0927. The summed E-state index contributed by atoms with van der Waals surface area (Å²) in [5.41, 5.74) is 2.71. The second kappa shape index (κ2) is 8.58. The largest absolute Gasteiger partial charge is 0.494 e. The van der Waals surface area contributed by atoms with Crippen molar-refractivity contribution in [2.24, 2.45) is 5.10 Å². The fourth-order valence-electron chi connectivity index (χ4n) is 3.21. The van der Waals surface area contributed by atoms with E-state index in [0.29, 0.717) is 28.8 Å². The molecule has 0 aliphatic heterocycles. The van der Waals surface area contributed by atoms with E-state index in [1.54, 1.807) is 54.6 Å². The first kappa shape index (κ1) is 20.0. The zero-order valence-electron chi connectivity index (χ0n) is 16.6. The second-order valence-electron chi connectivity index (χ2n) is 6.53. The molecule has 0 saturated heterocycles. The molecule has 1 amide bonds. The lowest BCUT2D eigenvalue weighted by Gasteiger charge is -2.14. The molecular formula is C23H19N3O5. The number of benzene rings is 2. The summed E-state index contributed by atoms with van der Waals surface area (Å²) in [7, 11) is 0. The van der Waals surface area contributed by atoms with Gasteiger partial charge in [-0.3, -0.25) is 9.59 Å². The highest BCUT2D eigenvalue weighted by Crippen LogP contribution is 2.26. The van der Waals surface area contributed by atoms with E-state index in [2.05, 4.69) is 10.5 Å². The number of fused-ring (bicyclic) bond motifs is 1. The van der Waals surface area contributed by atoms with E-state index in [1.807, 2.05) is 6.92 Å². The Hall–Kier alpha value is -4.33. The number of ether oxygens (including phenoxy) is 1. The van der Waals surface area contributed by atoms with Crippen molar-refractivity contribution in [1.29, 1.82) is 0 Å². The molecular weight excluding hydrogens is 398 g/mol. The first-order chi connectivity index (χ1) is 15.1. The summed E-state index contributed by atoms with van der Waals surface area (Å²) in [4.78, 5) is 25.1. The van der Waals surface area contributed by atoms with Crippen molar-refractivity contribution in [3.8, 4) is 17.3 Å². The summed E-state index contributed by atoms with van der Waals surface area (Å²) < 4.78 is 11.6. The van der Waals surface area contributed by atoms with Crippen LogP contribution in [-0.2, 0) is 0 Å². The van der Waals surface area contributed by atoms with Crippen molar-refractivity contribution in [3.63, 3.8) is 0 Å². The van der Waals surface area contributed by atoms with Gasteiger partial charge in [-0.15, -0.1) is 0 Å². The number of hydrazone groups is 1. The number of pyridine rings is 1. The van der Waals surface area contributed by atoms with Gasteiger partial charge in [0.2, 0.25) is 5.88 Å². The minimum atomic E-state index is -0.537. The number of nitrogens with zero attached hydrogens (tertiary/aromatic N) is 2. The number of amides is 1. The highest BCUT2D eigenvalue weighted by atomic mass is 16.5. The molecule has 156 valence electrons. The Morgan fingerprint density at radius 3 is 2.55 bits per heavy atom. The summed E-state index contributed by atoms with van der Waals surface area (Å²) >= 11 is 0. The van der Waals surface area contributed by atoms with E-state index < -0.39 is 5.91 Å². The van der Waals surface area contributed by atoms with Crippen LogP contribution >= 0.6 is 0 Å². The minimum absolute atomic E-state index is 0.102. The molecule has 0 fully saturated rings. The van der Waals surface area contributed by atoms with Crippen molar-refractivity contribution in [2.75, 3.05) is 6.61 Å². The van der Waals surface area contributed by atoms with E-state index in [0.717, 1.165) is 0 Å². The first-order valence-electron chi connectivity index (χ1n) is 9.57. The summed E-state index contributed by atoms with van der Waals surface area (Å²) in [6.45, 7) is 2.40. The van der Waals surface area contributed by atoms with Crippen LogP contribution in [0.25, 0.3) is 16.5 Å². The molecule has 0 aliphatic rings. The number of rotatable bonds is 6. The molecule has 31 heavy (non-hydrogen) atoms. The van der Waals surface area contributed by atoms with Gasteiger partial charge in [-0.2, -0.15) is 5.10 Å². The van der Waals surface area contributed by atoms with Crippen molar-refractivity contribution in [1.82, 2.24) is 9.99 Å². The molecule has 0 saturated carbocycles. The van der Waals surface area contributed by atoms with Crippen molar-refractivity contribution in [2.45, 2.75) is 6.92 Å². The number of furan rings is 1. The Labute approximate surface area is 177 Å². The second-order valence-corrected chi connectivity index (χ2v) is 6.53. The molecule has 2 heterocycles. The number of carbonyl (C=O) groups is 1. The van der Waals surface area contributed by atoms with E-state index in [4.69, 9.17) is 9.15 Å². The Balaban J connectivity index is 1.78. The minimum Gasteiger partial charge on any atom is -0.494 e. The fourth-order valence-corrected chi connectivity index (χ4v) is 3.21. The lowest BCUT2D eigenvalue weighted by Crippen LogP contribution is -2.21. The third kappa shape index (κ3) is 3.91. The topological polar surface area (TPSA) is 106 Å². The molecule has 4 rings (SSSR count). The standard InChI is InChI=1S/C23H19N3O5/c1-2-30-16-11-9-15(10-12-16)26-22(28)18-7-4-3-6-17(18)19(23(26)29)14-24-25-21(27)20-8-5-13-31-20/h3-14,29H,2H2,1H3,(H,25,27)/b24-14+. The zero-order chi connectivity index (χ0) is 21.8. The van der Waals surface area contributed by atoms with Gasteiger partial charge < -0.3 is 14.3 Å². The maximum Gasteiger partial charge on any atom is 0.307 e. The number of hydrogen-bond acceptors (Lipinski definition) is 6. The van der Waals surface area contributed by atoms with E-state index in [1.165, 1.54) is 23.1 Å². The average molecular weight is 417 g/mol. The SMILES string of the molecule is CCOc1ccc(-n2c(O)c(/C=N/NC(=O)c3ccco3)c3ccccc3c2=O)cc1. The van der Waals surface area contributed by atoms with Gasteiger partial charge in [0.1, 0.15) is 5.75 Å². The highest BCUT2D eigenvalue weighted by Gasteiger charge is 2.16. The molecule has 0 radical (unpaired) electrons. The van der Waals surface area contributed by atoms with Gasteiger partial charge in [0.25, 0.3) is 5.56 Å². The lowest BCUT2D eigenvalue weighted by atomic mass is 10.1. The molecule has 8 heteroatoms. The van der Waals surface area contributed by atoms with Crippen LogP contribution in [0.2, 0.25) is 0 Å². The first-order valence-corrected chi connectivity index (χ1v) is 9.57. The number of aromatic nitrogens is 1. The van der Waals surface area contributed by atoms with Crippen LogP contribution in [-0.4, -0.2) is 28.4 Å². The van der Waals surface area contributed by atoms with Crippen LogP contribution < -0.4 is 15.7 Å². The van der Waals surface area contributed by atoms with Crippen molar-refractivity contribution >= 4 is 22.9 Å². The molecule has 0 atom stereocenters. The molecule has 2 N–H and O–H groups in total. The van der Waals surface area contributed by atoms with Crippen LogP contribution in [0.15, 0.2) is 81.2 Å². The maximum atomic E-state index is 13.1. The van der Waals surface area contributed by atoms with Crippen LogP contribution in [0.1, 0.15) is 23.0 Å². The molecule has 0 aliphatic carbocycles. The number of nitrogens with one attached hydrogen (secondary N) is 1. The van der Waals surface area contributed by atoms with Crippen LogP contribution in [0, 0.1) is 0 Å². The third-order valence-electron chi connectivity index (χ3n) is 4.61. The molecule has 0 spiro atoms. The predicted octanol–water partition coefficient (Wildman–Crippen LogP) is 3.45. The molecule has 0 unspecified atom stereocenters. The van der Waals surface area contributed by atoms with Gasteiger partial charge in [-0.05, 0) is 49.4 Å². The Bertz CT molecular complexity index is 1310. The van der Waals surface area contributed by atoms with Crippen molar-refractivity contribution < 1.29 is 19.1 Å². The molecule has 2 aromatic heterocycles. The zero-order valence-corrected chi connectivity index (χ0v) is 16.6. The Morgan fingerprint density at radius 1 is 1.13 bits per heavy atom. The molecule has 0 bridgehead atoms. The number of carbonyl (C=O) groups excluding carboxylic acids is 1. The summed E-state index contributed by atoms with van der Waals surface area (Å²) in [6.07, 6.45) is 2.67. The smallest absolute Gasteiger partial charge is 0.307 e. The van der Waals surface area contributed by atoms with E-state index in [9.17, 15) is 14.7 Å². The van der Waals surface area contributed by atoms with Crippen LogP contribution in [0.4, 0.5) is 0 Å². The average Bonchev–Trinajstić information content (AvgIpc) is 3.32. The molecule has 2 aromatic carbocycles. The summed E-state index contributed by atoms with van der Waals surface area (Å²) in [5.74, 6) is -0.0821. The highest BCUT2D eigenvalue weighted by molar-refractivity contribution is 6.02.